The molecule has 2 amide bonds. The van der Waals surface area contributed by atoms with Crippen molar-refractivity contribution in [3.63, 3.8) is 0 Å². The van der Waals surface area contributed by atoms with Gasteiger partial charge < -0.3 is 15.0 Å². The van der Waals surface area contributed by atoms with Gasteiger partial charge in [0.25, 0.3) is 5.91 Å². The van der Waals surface area contributed by atoms with Crippen molar-refractivity contribution >= 4 is 17.5 Å². The van der Waals surface area contributed by atoms with Crippen LogP contribution < -0.4 is 10.1 Å². The fraction of sp³-hybridized carbons (Fsp3) is 0.385. The zero-order chi connectivity index (χ0) is 12.7. The van der Waals surface area contributed by atoms with Crippen molar-refractivity contribution in [2.24, 2.45) is 0 Å². The van der Waals surface area contributed by atoms with Gasteiger partial charge in [-0.05, 0) is 24.6 Å². The van der Waals surface area contributed by atoms with Crippen LogP contribution in [-0.4, -0.2) is 29.5 Å². The SMILES string of the molecule is CC(=O)Nc1ccc2c(c1)C(=O)N1CCCC1O2. The monoisotopic (exact) mass is 246 g/mol. The largest absolute Gasteiger partial charge is 0.470 e. The number of amides is 2. The maximum atomic E-state index is 12.3. The first kappa shape index (κ1) is 11.1. The van der Waals surface area contributed by atoms with Gasteiger partial charge in [0.1, 0.15) is 5.75 Å². The topological polar surface area (TPSA) is 58.6 Å². The summed E-state index contributed by atoms with van der Waals surface area (Å²) in [7, 11) is 0. The fourth-order valence-corrected chi connectivity index (χ4v) is 2.47. The number of fused-ring (bicyclic) bond motifs is 2. The average molecular weight is 246 g/mol. The molecule has 0 radical (unpaired) electrons. The van der Waals surface area contributed by atoms with E-state index in [-0.39, 0.29) is 18.0 Å². The fourth-order valence-electron chi connectivity index (χ4n) is 2.47. The van der Waals surface area contributed by atoms with Gasteiger partial charge >= 0.3 is 0 Å². The van der Waals surface area contributed by atoms with Gasteiger partial charge in [-0.1, -0.05) is 0 Å². The van der Waals surface area contributed by atoms with Crippen LogP contribution in [0.2, 0.25) is 0 Å². The number of nitrogens with one attached hydrogen (secondary N) is 1. The second-order valence-electron chi connectivity index (χ2n) is 4.61. The van der Waals surface area contributed by atoms with Crippen molar-refractivity contribution < 1.29 is 14.3 Å². The molecule has 0 spiro atoms. The lowest BCUT2D eigenvalue weighted by Crippen LogP contribution is -2.42. The van der Waals surface area contributed by atoms with Crippen LogP contribution in [0.4, 0.5) is 5.69 Å². The van der Waals surface area contributed by atoms with Gasteiger partial charge in [-0.25, -0.2) is 0 Å². The van der Waals surface area contributed by atoms with E-state index in [1.807, 2.05) is 0 Å². The number of benzene rings is 1. The normalized spacial score (nSPS) is 21.1. The summed E-state index contributed by atoms with van der Waals surface area (Å²) in [6.07, 6.45) is 1.75. The predicted octanol–water partition coefficient (Wildman–Crippen LogP) is 1.60. The summed E-state index contributed by atoms with van der Waals surface area (Å²) in [6, 6.07) is 5.17. The predicted molar refractivity (Wildman–Crippen MR) is 65.4 cm³/mol. The molecule has 1 atom stereocenters. The van der Waals surface area contributed by atoms with E-state index >= 15 is 0 Å². The van der Waals surface area contributed by atoms with Crippen LogP contribution in [0.25, 0.3) is 0 Å². The van der Waals surface area contributed by atoms with Crippen molar-refractivity contribution in [2.45, 2.75) is 26.0 Å². The first-order chi connectivity index (χ1) is 8.65. The summed E-state index contributed by atoms with van der Waals surface area (Å²) in [6.45, 7) is 2.18. The number of anilines is 1. The Labute approximate surface area is 105 Å². The molecule has 0 bridgehead atoms. The van der Waals surface area contributed by atoms with Gasteiger partial charge in [-0.15, -0.1) is 0 Å². The minimum absolute atomic E-state index is 0.00838. The summed E-state index contributed by atoms with van der Waals surface area (Å²) in [5, 5.41) is 2.67. The van der Waals surface area contributed by atoms with Gasteiger partial charge in [0.2, 0.25) is 5.91 Å². The van der Waals surface area contributed by atoms with Crippen molar-refractivity contribution in [1.29, 1.82) is 0 Å². The molecule has 1 unspecified atom stereocenters. The molecule has 1 saturated heterocycles. The molecule has 2 aliphatic rings. The Morgan fingerprint density at radius 3 is 3.11 bits per heavy atom. The lowest BCUT2D eigenvalue weighted by Gasteiger charge is -2.31. The van der Waals surface area contributed by atoms with Crippen molar-refractivity contribution in [2.75, 3.05) is 11.9 Å². The Bertz CT molecular complexity index is 527. The summed E-state index contributed by atoms with van der Waals surface area (Å²) >= 11 is 0. The highest BCUT2D eigenvalue weighted by Crippen LogP contribution is 2.34. The van der Waals surface area contributed by atoms with Gasteiger partial charge in [0.05, 0.1) is 5.56 Å². The van der Waals surface area contributed by atoms with E-state index in [9.17, 15) is 9.59 Å². The number of carbonyl (C=O) groups excluding carboxylic acids is 2. The van der Waals surface area contributed by atoms with Gasteiger partial charge in [0.15, 0.2) is 6.23 Å². The molecule has 1 aromatic carbocycles. The molecule has 2 heterocycles. The van der Waals surface area contributed by atoms with Gasteiger partial charge in [-0.2, -0.15) is 0 Å². The minimum Gasteiger partial charge on any atom is -0.470 e. The highest BCUT2D eigenvalue weighted by atomic mass is 16.5. The smallest absolute Gasteiger partial charge is 0.260 e. The van der Waals surface area contributed by atoms with E-state index in [1.165, 1.54) is 6.92 Å². The lowest BCUT2D eigenvalue weighted by molar-refractivity contribution is -0.114. The molecule has 18 heavy (non-hydrogen) atoms. The molecule has 1 fully saturated rings. The summed E-state index contributed by atoms with van der Waals surface area (Å²) in [5.74, 6) is 0.446. The molecule has 0 aliphatic carbocycles. The Balaban J connectivity index is 1.96. The summed E-state index contributed by atoms with van der Waals surface area (Å²) in [5.41, 5.74) is 1.15. The van der Waals surface area contributed by atoms with Crippen LogP contribution in [0.15, 0.2) is 18.2 Å². The molecule has 94 valence electrons. The highest BCUT2D eigenvalue weighted by molar-refractivity contribution is 6.00. The quantitative estimate of drug-likeness (QED) is 0.818. The van der Waals surface area contributed by atoms with Gasteiger partial charge in [-0.3, -0.25) is 9.59 Å². The average Bonchev–Trinajstić information content (AvgIpc) is 2.78. The molecule has 1 aromatic rings. The van der Waals surface area contributed by atoms with Crippen LogP contribution in [0.5, 0.6) is 5.75 Å². The zero-order valence-electron chi connectivity index (χ0n) is 10.1. The van der Waals surface area contributed by atoms with Crippen LogP contribution >= 0.6 is 0 Å². The Hall–Kier alpha value is -2.04. The lowest BCUT2D eigenvalue weighted by atomic mass is 10.1. The molecule has 3 rings (SSSR count). The molecular weight excluding hydrogens is 232 g/mol. The Morgan fingerprint density at radius 2 is 2.33 bits per heavy atom. The molecule has 5 heteroatoms. The molecule has 2 aliphatic heterocycles. The standard InChI is InChI=1S/C13H14N2O3/c1-8(16)14-9-4-5-11-10(7-9)13(17)15-6-2-3-12(15)18-11/h4-5,7,12H,2-3,6H2,1H3,(H,14,16). The number of ether oxygens (including phenoxy) is 1. The molecular formula is C13H14N2O3. The second kappa shape index (κ2) is 4.01. The van der Waals surface area contributed by atoms with Crippen LogP contribution in [0.3, 0.4) is 0 Å². The Morgan fingerprint density at radius 1 is 1.50 bits per heavy atom. The molecule has 1 N–H and O–H groups in total. The number of carbonyl (C=O) groups is 2. The molecule has 0 saturated carbocycles. The third-order valence-corrected chi connectivity index (χ3v) is 3.25. The third-order valence-electron chi connectivity index (χ3n) is 3.25. The van der Waals surface area contributed by atoms with E-state index in [2.05, 4.69) is 5.32 Å². The van der Waals surface area contributed by atoms with Crippen LogP contribution in [0, 0.1) is 0 Å². The van der Waals surface area contributed by atoms with Crippen LogP contribution in [0.1, 0.15) is 30.1 Å². The van der Waals surface area contributed by atoms with Crippen molar-refractivity contribution in [3.8, 4) is 5.75 Å². The zero-order valence-corrected chi connectivity index (χ0v) is 10.1. The minimum atomic E-state index is -0.154. The summed E-state index contributed by atoms with van der Waals surface area (Å²) in [4.78, 5) is 25.0. The number of hydrogen-bond donors (Lipinski definition) is 1. The van der Waals surface area contributed by atoms with E-state index < -0.39 is 0 Å². The first-order valence-electron chi connectivity index (χ1n) is 6.04. The third kappa shape index (κ3) is 1.72. The maximum Gasteiger partial charge on any atom is 0.260 e. The van der Waals surface area contributed by atoms with E-state index in [1.54, 1.807) is 23.1 Å². The van der Waals surface area contributed by atoms with Gasteiger partial charge in [0, 0.05) is 25.6 Å². The highest BCUT2D eigenvalue weighted by Gasteiger charge is 2.36. The first-order valence-corrected chi connectivity index (χ1v) is 6.04. The van der Waals surface area contributed by atoms with Crippen molar-refractivity contribution in [3.05, 3.63) is 23.8 Å². The second-order valence-corrected chi connectivity index (χ2v) is 4.61. The number of rotatable bonds is 1. The van der Waals surface area contributed by atoms with E-state index in [0.717, 1.165) is 19.4 Å². The maximum absolute atomic E-state index is 12.3. The molecule has 5 nitrogen and oxygen atoms in total. The molecule has 0 aromatic heterocycles. The number of nitrogens with zero attached hydrogens (tertiary/aromatic N) is 1. The Kier molecular flexibility index (Phi) is 2.47. The van der Waals surface area contributed by atoms with E-state index in [0.29, 0.717) is 17.0 Å². The summed E-state index contributed by atoms with van der Waals surface area (Å²) < 4.78 is 5.78. The van der Waals surface area contributed by atoms with E-state index in [4.69, 9.17) is 4.74 Å². The van der Waals surface area contributed by atoms with Crippen LogP contribution in [-0.2, 0) is 4.79 Å². The number of hydrogen-bond acceptors (Lipinski definition) is 3. The van der Waals surface area contributed by atoms with Crippen molar-refractivity contribution in [1.82, 2.24) is 4.90 Å².